The molecule has 3 aliphatic heterocycles. The van der Waals surface area contributed by atoms with E-state index in [1.165, 1.54) is 0 Å². The van der Waals surface area contributed by atoms with Gasteiger partial charge in [-0.3, -0.25) is 14.4 Å². The minimum Gasteiger partial charge on any atom is -0.396 e. The van der Waals surface area contributed by atoms with Crippen molar-refractivity contribution in [3.8, 4) is 0 Å². The van der Waals surface area contributed by atoms with Crippen LogP contribution >= 0.6 is 11.8 Å². The molecule has 3 aliphatic rings. The Hall–Kier alpha value is -2.58. The Labute approximate surface area is 243 Å². The molecule has 3 heterocycles. The lowest BCUT2D eigenvalue weighted by atomic mass is 9.66. The number of carbonyl (C=O) groups is 3. The van der Waals surface area contributed by atoms with Crippen LogP contribution in [0.2, 0.25) is 0 Å². The number of aliphatic hydroxyl groups excluding tert-OH is 1. The summed E-state index contributed by atoms with van der Waals surface area (Å²) in [5, 5.41) is 9.30. The molecule has 2 bridgehead atoms. The van der Waals surface area contributed by atoms with Crippen LogP contribution in [0.1, 0.15) is 57.9 Å². The molecular weight excluding hydrogens is 522 g/mol. The first-order valence-corrected chi connectivity index (χ1v) is 15.5. The second-order valence-corrected chi connectivity index (χ2v) is 13.5. The van der Waals surface area contributed by atoms with E-state index in [2.05, 4.69) is 20.1 Å². The Balaban J connectivity index is 1.73. The lowest BCUT2D eigenvalue weighted by molar-refractivity contribution is -0.145. The number of hydrogen-bond acceptors (Lipinski definition) is 5. The first kappa shape index (κ1) is 30.4. The third kappa shape index (κ3) is 5.49. The van der Waals surface area contributed by atoms with Crippen molar-refractivity contribution in [3.63, 3.8) is 0 Å². The van der Waals surface area contributed by atoms with Crippen molar-refractivity contribution in [1.82, 2.24) is 14.7 Å². The van der Waals surface area contributed by atoms with Crippen molar-refractivity contribution in [2.24, 2.45) is 11.8 Å². The van der Waals surface area contributed by atoms with Gasteiger partial charge in [0.05, 0.1) is 16.6 Å². The zero-order valence-electron chi connectivity index (χ0n) is 24.1. The molecule has 1 aromatic carbocycles. The van der Waals surface area contributed by atoms with Gasteiger partial charge in [-0.15, -0.1) is 24.9 Å². The molecule has 8 heteroatoms. The monoisotopic (exact) mass is 567 g/mol. The fraction of sp³-hybridized carbons (Fsp3) is 0.594. The number of carbonyl (C=O) groups excluding carboxylic acids is 3. The van der Waals surface area contributed by atoms with Crippen LogP contribution in [-0.4, -0.2) is 85.8 Å². The van der Waals surface area contributed by atoms with Crippen molar-refractivity contribution >= 4 is 29.5 Å². The highest BCUT2D eigenvalue weighted by molar-refractivity contribution is 8.02. The molecule has 0 aliphatic carbocycles. The summed E-state index contributed by atoms with van der Waals surface area (Å²) in [6, 6.07) is 9.26. The van der Waals surface area contributed by atoms with Gasteiger partial charge in [0.1, 0.15) is 6.04 Å². The maximum atomic E-state index is 14.6. The van der Waals surface area contributed by atoms with Gasteiger partial charge in [0.2, 0.25) is 17.7 Å². The van der Waals surface area contributed by atoms with Crippen LogP contribution in [-0.2, 0) is 20.9 Å². The fourth-order valence-corrected chi connectivity index (χ4v) is 9.52. The van der Waals surface area contributed by atoms with E-state index in [0.29, 0.717) is 45.6 Å². The van der Waals surface area contributed by atoms with Gasteiger partial charge in [0.25, 0.3) is 0 Å². The van der Waals surface area contributed by atoms with Gasteiger partial charge in [-0.05, 0) is 51.0 Å². The van der Waals surface area contributed by atoms with Crippen LogP contribution in [0.15, 0.2) is 55.6 Å². The van der Waals surface area contributed by atoms with E-state index in [1.54, 1.807) is 28.8 Å². The third-order valence-electron chi connectivity index (χ3n) is 8.87. The molecule has 2 unspecified atom stereocenters. The molecule has 0 radical (unpaired) electrons. The van der Waals surface area contributed by atoms with Crippen LogP contribution in [0.25, 0.3) is 0 Å². The smallest absolute Gasteiger partial charge is 0.247 e. The lowest BCUT2D eigenvalue weighted by Gasteiger charge is -2.38. The molecule has 4 rings (SSSR count). The summed E-state index contributed by atoms with van der Waals surface area (Å²) in [7, 11) is 0. The average Bonchev–Trinajstić information content (AvgIpc) is 3.51. The molecule has 0 saturated carbocycles. The number of aliphatic hydroxyl groups is 1. The molecule has 1 N–H and O–H groups in total. The predicted molar refractivity (Wildman–Crippen MR) is 161 cm³/mol. The molecule has 40 heavy (non-hydrogen) atoms. The first-order valence-electron chi connectivity index (χ1n) is 14.7. The second-order valence-electron chi connectivity index (χ2n) is 11.6. The van der Waals surface area contributed by atoms with Gasteiger partial charge in [-0.1, -0.05) is 49.4 Å². The van der Waals surface area contributed by atoms with Crippen molar-refractivity contribution in [2.45, 2.75) is 74.5 Å². The summed E-state index contributed by atoms with van der Waals surface area (Å²) in [5.41, 5.74) is 1.02. The summed E-state index contributed by atoms with van der Waals surface area (Å²) >= 11 is 1.72. The zero-order chi connectivity index (χ0) is 28.9. The Morgan fingerprint density at radius 1 is 1.07 bits per heavy atom. The molecule has 1 aromatic rings. The van der Waals surface area contributed by atoms with Crippen LogP contribution in [0.4, 0.5) is 0 Å². The molecular formula is C32H45N3O4S. The van der Waals surface area contributed by atoms with Crippen molar-refractivity contribution in [3.05, 3.63) is 61.2 Å². The number of nitrogens with zero attached hydrogens (tertiary/aromatic N) is 3. The zero-order valence-corrected chi connectivity index (χ0v) is 24.9. The van der Waals surface area contributed by atoms with Crippen LogP contribution in [0, 0.1) is 11.8 Å². The largest absolute Gasteiger partial charge is 0.396 e. The number of likely N-dealkylation sites (tertiary alicyclic amines) is 1. The molecule has 0 aromatic heterocycles. The van der Waals surface area contributed by atoms with Gasteiger partial charge >= 0.3 is 0 Å². The summed E-state index contributed by atoms with van der Waals surface area (Å²) in [5.74, 6) is -1.11. The van der Waals surface area contributed by atoms with Gasteiger partial charge in [-0.2, -0.15) is 0 Å². The van der Waals surface area contributed by atoms with Crippen molar-refractivity contribution < 1.29 is 19.5 Å². The van der Waals surface area contributed by atoms with Crippen molar-refractivity contribution in [1.29, 1.82) is 0 Å². The maximum Gasteiger partial charge on any atom is 0.247 e. The maximum absolute atomic E-state index is 14.6. The highest BCUT2D eigenvalue weighted by atomic mass is 32.2. The summed E-state index contributed by atoms with van der Waals surface area (Å²) in [6.07, 6.45) is 7.99. The molecule has 1 spiro atoms. The number of fused-ring (bicyclic) bond motifs is 1. The number of hydrogen-bond donors (Lipinski definition) is 1. The van der Waals surface area contributed by atoms with Crippen LogP contribution in [0.3, 0.4) is 0 Å². The molecule has 5 atom stereocenters. The highest BCUT2D eigenvalue weighted by Crippen LogP contribution is 2.71. The van der Waals surface area contributed by atoms with E-state index >= 15 is 0 Å². The number of thioether (sulfide) groups is 1. The average molecular weight is 568 g/mol. The van der Waals surface area contributed by atoms with Crippen LogP contribution < -0.4 is 0 Å². The fourth-order valence-electron chi connectivity index (χ4n) is 7.17. The number of amides is 3. The molecule has 7 nitrogen and oxygen atoms in total. The topological polar surface area (TPSA) is 81.2 Å². The van der Waals surface area contributed by atoms with Gasteiger partial charge in [-0.25, -0.2) is 0 Å². The number of rotatable bonds is 15. The highest BCUT2D eigenvalue weighted by Gasteiger charge is 2.77. The van der Waals surface area contributed by atoms with Gasteiger partial charge in [0.15, 0.2) is 0 Å². The quantitative estimate of drug-likeness (QED) is 0.253. The number of benzene rings is 1. The Morgan fingerprint density at radius 2 is 1.77 bits per heavy atom. The Bertz CT molecular complexity index is 1100. The van der Waals surface area contributed by atoms with E-state index < -0.39 is 27.4 Å². The Morgan fingerprint density at radius 3 is 2.42 bits per heavy atom. The Kier molecular flexibility index (Phi) is 9.83. The van der Waals surface area contributed by atoms with E-state index in [1.807, 2.05) is 47.1 Å². The summed E-state index contributed by atoms with van der Waals surface area (Å²) < 4.78 is -1.03. The standard InChI is InChI=1S/C32H45N3O4S/c1-5-18-33(19-6-2)28(37)25-26-29(38)35(21-12-9-13-22-36)27(32(26)17-16-31(25,4)40-32)30(39)34(20-7-3)23-24-14-10-8-11-15-24/h5,7-8,10-11,14-15,25-27,36H,1,3,6,9,12-13,16-23H2,2,4H3/t25-,26-,27?,31+,32?/m0/s1. The molecule has 3 saturated heterocycles. The van der Waals surface area contributed by atoms with Gasteiger partial charge < -0.3 is 19.8 Å². The van der Waals surface area contributed by atoms with E-state index in [-0.39, 0.29) is 24.3 Å². The van der Waals surface area contributed by atoms with E-state index in [0.717, 1.165) is 31.2 Å². The molecule has 3 amide bonds. The van der Waals surface area contributed by atoms with E-state index in [4.69, 9.17) is 0 Å². The normalized spacial score (nSPS) is 28.4. The minimum absolute atomic E-state index is 0.0113. The lowest BCUT2D eigenvalue weighted by Crippen LogP contribution is -2.55. The molecule has 3 fully saturated rings. The van der Waals surface area contributed by atoms with Gasteiger partial charge in [0, 0.05) is 44.1 Å². The third-order valence-corrected chi connectivity index (χ3v) is 10.9. The molecule has 218 valence electrons. The van der Waals surface area contributed by atoms with Crippen molar-refractivity contribution in [2.75, 3.05) is 32.8 Å². The summed E-state index contributed by atoms with van der Waals surface area (Å²) in [4.78, 5) is 48.5. The SMILES string of the molecule is C=CCN(Cc1ccccc1)C(=O)C1N(CCCCCO)C(=O)[C@@H]2[C@@H](C(=O)N(CC=C)CCC)[C@@]3(C)CCC12S3. The van der Waals surface area contributed by atoms with E-state index in [9.17, 15) is 19.5 Å². The minimum atomic E-state index is -0.637. The second kappa shape index (κ2) is 12.9. The predicted octanol–water partition coefficient (Wildman–Crippen LogP) is 4.27. The number of unbranched alkanes of at least 4 members (excludes halogenated alkanes) is 2. The first-order chi connectivity index (χ1) is 19.3. The van der Waals surface area contributed by atoms with Crippen LogP contribution in [0.5, 0.6) is 0 Å². The summed E-state index contributed by atoms with van der Waals surface area (Å²) in [6.45, 7) is 14.4.